The number of hydrogen-bond acceptors (Lipinski definition) is 2. The number of β-lactam (4-membered cyclic amide) rings is 1. The van der Waals surface area contributed by atoms with Crippen LogP contribution in [0.5, 0.6) is 0 Å². The Balaban J connectivity index is 2.01. The van der Waals surface area contributed by atoms with Crippen LogP contribution in [0.1, 0.15) is 11.6 Å². The van der Waals surface area contributed by atoms with Crippen LogP contribution >= 0.6 is 23.2 Å². The van der Waals surface area contributed by atoms with Gasteiger partial charge in [0, 0.05) is 15.7 Å². The molecule has 1 aliphatic heterocycles. The summed E-state index contributed by atoms with van der Waals surface area (Å²) < 4.78 is 0. The first kappa shape index (κ1) is 13.4. The number of amides is 1. The van der Waals surface area contributed by atoms with Crippen molar-refractivity contribution in [2.24, 2.45) is 5.73 Å². The summed E-state index contributed by atoms with van der Waals surface area (Å²) in [6.45, 7) is 0. The monoisotopic (exact) mass is 306 g/mol. The lowest BCUT2D eigenvalue weighted by molar-refractivity contribution is -0.126. The van der Waals surface area contributed by atoms with E-state index in [9.17, 15) is 4.79 Å². The third-order valence-corrected chi connectivity index (χ3v) is 4.02. The lowest BCUT2D eigenvalue weighted by Gasteiger charge is -2.45. The second-order valence-corrected chi connectivity index (χ2v) is 5.52. The molecule has 2 atom stereocenters. The SMILES string of the molecule is NC1C(=O)N(c2ccccc2)C1c1ccc(Cl)cc1Cl. The molecule has 0 saturated carbocycles. The Morgan fingerprint density at radius 3 is 2.40 bits per heavy atom. The normalized spacial score (nSPS) is 21.8. The first-order chi connectivity index (χ1) is 9.59. The molecule has 1 saturated heterocycles. The fraction of sp³-hybridized carbons (Fsp3) is 0.133. The quantitative estimate of drug-likeness (QED) is 0.864. The highest BCUT2D eigenvalue weighted by atomic mass is 35.5. The van der Waals surface area contributed by atoms with E-state index in [0.717, 1.165) is 11.3 Å². The van der Waals surface area contributed by atoms with Crippen LogP contribution in [0, 0.1) is 0 Å². The van der Waals surface area contributed by atoms with Gasteiger partial charge in [-0.15, -0.1) is 0 Å². The summed E-state index contributed by atoms with van der Waals surface area (Å²) in [6, 6.07) is 13.8. The average molecular weight is 307 g/mol. The van der Waals surface area contributed by atoms with Crippen molar-refractivity contribution in [3.8, 4) is 0 Å². The molecule has 0 radical (unpaired) electrons. The van der Waals surface area contributed by atoms with Gasteiger partial charge in [0.25, 0.3) is 0 Å². The van der Waals surface area contributed by atoms with Crippen molar-refractivity contribution in [3.63, 3.8) is 0 Å². The molecule has 1 fully saturated rings. The van der Waals surface area contributed by atoms with Crippen LogP contribution in [0.25, 0.3) is 0 Å². The summed E-state index contributed by atoms with van der Waals surface area (Å²) in [5.74, 6) is -0.104. The van der Waals surface area contributed by atoms with Gasteiger partial charge < -0.3 is 10.6 Å². The molecule has 2 aromatic carbocycles. The Bertz CT molecular complexity index is 660. The van der Waals surface area contributed by atoms with Crippen LogP contribution in [-0.2, 0) is 4.79 Å². The summed E-state index contributed by atoms with van der Waals surface area (Å²) in [5.41, 5.74) is 7.58. The number of carbonyl (C=O) groups is 1. The molecule has 2 aromatic rings. The van der Waals surface area contributed by atoms with E-state index in [4.69, 9.17) is 28.9 Å². The number of carbonyl (C=O) groups excluding carboxylic acids is 1. The van der Waals surface area contributed by atoms with Gasteiger partial charge in [-0.25, -0.2) is 0 Å². The average Bonchev–Trinajstić information content (AvgIpc) is 2.46. The fourth-order valence-electron chi connectivity index (χ4n) is 2.46. The zero-order valence-corrected chi connectivity index (χ0v) is 12.0. The van der Waals surface area contributed by atoms with Gasteiger partial charge in [-0.05, 0) is 29.8 Å². The topological polar surface area (TPSA) is 46.3 Å². The smallest absolute Gasteiger partial charge is 0.247 e. The van der Waals surface area contributed by atoms with Gasteiger partial charge in [0.2, 0.25) is 5.91 Å². The second-order valence-electron chi connectivity index (χ2n) is 4.68. The predicted molar refractivity (Wildman–Crippen MR) is 81.1 cm³/mol. The summed E-state index contributed by atoms with van der Waals surface area (Å²) >= 11 is 12.1. The molecule has 0 aromatic heterocycles. The van der Waals surface area contributed by atoms with Gasteiger partial charge in [-0.3, -0.25) is 4.79 Å². The Morgan fingerprint density at radius 2 is 1.75 bits per heavy atom. The number of hydrogen-bond donors (Lipinski definition) is 1. The van der Waals surface area contributed by atoms with E-state index in [1.165, 1.54) is 0 Å². The molecule has 20 heavy (non-hydrogen) atoms. The van der Waals surface area contributed by atoms with Crippen molar-refractivity contribution in [1.29, 1.82) is 0 Å². The van der Waals surface area contributed by atoms with E-state index in [1.807, 2.05) is 36.4 Å². The molecule has 1 heterocycles. The molecule has 0 aliphatic carbocycles. The number of nitrogens with two attached hydrogens (primary N) is 1. The van der Waals surface area contributed by atoms with Crippen LogP contribution in [0.4, 0.5) is 5.69 Å². The highest BCUT2D eigenvalue weighted by molar-refractivity contribution is 6.35. The number of nitrogens with zero attached hydrogens (tertiary/aromatic N) is 1. The molecular formula is C15H12Cl2N2O. The maximum atomic E-state index is 12.1. The molecule has 102 valence electrons. The maximum Gasteiger partial charge on any atom is 0.247 e. The molecule has 3 nitrogen and oxygen atoms in total. The molecule has 2 N–H and O–H groups in total. The van der Waals surface area contributed by atoms with Gasteiger partial charge in [0.15, 0.2) is 0 Å². The van der Waals surface area contributed by atoms with Crippen LogP contribution in [-0.4, -0.2) is 11.9 Å². The van der Waals surface area contributed by atoms with Crippen LogP contribution in [0.2, 0.25) is 10.0 Å². The molecule has 5 heteroatoms. The number of halogens is 2. The van der Waals surface area contributed by atoms with E-state index in [1.54, 1.807) is 17.0 Å². The van der Waals surface area contributed by atoms with Gasteiger partial charge >= 0.3 is 0 Å². The van der Waals surface area contributed by atoms with Crippen molar-refractivity contribution in [3.05, 3.63) is 64.1 Å². The first-order valence-electron chi connectivity index (χ1n) is 6.18. The van der Waals surface area contributed by atoms with Gasteiger partial charge in [0.05, 0.1) is 6.04 Å². The molecule has 2 unspecified atom stereocenters. The molecule has 3 rings (SSSR count). The number of benzene rings is 2. The van der Waals surface area contributed by atoms with Crippen molar-refractivity contribution in [2.75, 3.05) is 4.90 Å². The highest BCUT2D eigenvalue weighted by Gasteiger charge is 2.47. The lowest BCUT2D eigenvalue weighted by Crippen LogP contribution is -2.63. The zero-order valence-electron chi connectivity index (χ0n) is 10.5. The minimum Gasteiger partial charge on any atom is -0.318 e. The third-order valence-electron chi connectivity index (χ3n) is 3.46. The van der Waals surface area contributed by atoms with E-state index in [2.05, 4.69) is 0 Å². The van der Waals surface area contributed by atoms with Crippen LogP contribution < -0.4 is 10.6 Å². The molecule has 1 amide bonds. The van der Waals surface area contributed by atoms with Crippen LogP contribution in [0.3, 0.4) is 0 Å². The Labute approximate surface area is 126 Å². The van der Waals surface area contributed by atoms with Gasteiger partial charge in [-0.2, -0.15) is 0 Å². The lowest BCUT2D eigenvalue weighted by atomic mass is 9.88. The number of para-hydroxylation sites is 1. The molecule has 0 spiro atoms. The predicted octanol–water partition coefficient (Wildman–Crippen LogP) is 3.41. The number of anilines is 1. The van der Waals surface area contributed by atoms with Crippen LogP contribution in [0.15, 0.2) is 48.5 Å². The van der Waals surface area contributed by atoms with Crippen molar-refractivity contribution in [1.82, 2.24) is 0 Å². The summed E-state index contributed by atoms with van der Waals surface area (Å²) in [5, 5.41) is 1.08. The first-order valence-corrected chi connectivity index (χ1v) is 6.94. The minimum atomic E-state index is -0.575. The number of rotatable bonds is 2. The second kappa shape index (κ2) is 5.09. The van der Waals surface area contributed by atoms with E-state index in [0.29, 0.717) is 10.0 Å². The molecular weight excluding hydrogens is 295 g/mol. The molecule has 1 aliphatic rings. The van der Waals surface area contributed by atoms with Gasteiger partial charge in [0.1, 0.15) is 6.04 Å². The third kappa shape index (κ3) is 2.08. The van der Waals surface area contributed by atoms with Gasteiger partial charge in [-0.1, -0.05) is 47.5 Å². The van der Waals surface area contributed by atoms with Crippen molar-refractivity contribution >= 4 is 34.8 Å². The Kier molecular flexibility index (Phi) is 3.42. The standard InChI is InChI=1S/C15H12Cl2N2O/c16-9-6-7-11(12(17)8-9)14-13(18)15(20)19(14)10-4-2-1-3-5-10/h1-8,13-14H,18H2. The van der Waals surface area contributed by atoms with E-state index >= 15 is 0 Å². The Morgan fingerprint density at radius 1 is 1.05 bits per heavy atom. The summed E-state index contributed by atoms with van der Waals surface area (Å²) in [6.07, 6.45) is 0. The zero-order chi connectivity index (χ0) is 14.3. The minimum absolute atomic E-state index is 0.104. The van der Waals surface area contributed by atoms with Crippen molar-refractivity contribution in [2.45, 2.75) is 12.1 Å². The largest absolute Gasteiger partial charge is 0.318 e. The van der Waals surface area contributed by atoms with E-state index < -0.39 is 6.04 Å². The van der Waals surface area contributed by atoms with Crippen molar-refractivity contribution < 1.29 is 4.79 Å². The van der Waals surface area contributed by atoms with E-state index in [-0.39, 0.29) is 11.9 Å². The Hall–Kier alpha value is -1.55. The summed E-state index contributed by atoms with van der Waals surface area (Å²) in [7, 11) is 0. The summed E-state index contributed by atoms with van der Waals surface area (Å²) in [4.78, 5) is 13.7. The fourth-order valence-corrected chi connectivity index (χ4v) is 2.98. The highest BCUT2D eigenvalue weighted by Crippen LogP contribution is 2.41. The maximum absolute atomic E-state index is 12.1. The molecule has 0 bridgehead atoms.